The molecule has 0 aliphatic carbocycles. The number of morpholine rings is 1. The maximum Gasteiger partial charge on any atom is 0.257 e. The number of thiazole rings is 1. The highest BCUT2D eigenvalue weighted by atomic mass is 32.1. The number of anilines is 1. The summed E-state index contributed by atoms with van der Waals surface area (Å²) in [5.74, 6) is 0.555. The molecule has 1 aromatic carbocycles. The van der Waals surface area contributed by atoms with Crippen LogP contribution in [0.5, 0.6) is 5.75 Å². The summed E-state index contributed by atoms with van der Waals surface area (Å²) in [6, 6.07) is 7.00. The SMILES string of the molecule is COc1ccc(C(=O)Nc2nc(CN3C[C@@H](C)O[C@@H](C)C3)cs2)cc1. The van der Waals surface area contributed by atoms with Gasteiger partial charge < -0.3 is 9.47 Å². The average molecular weight is 361 g/mol. The molecule has 1 aliphatic rings. The van der Waals surface area contributed by atoms with Crippen LogP contribution in [0.4, 0.5) is 5.13 Å². The standard InChI is InChI=1S/C18H23N3O3S/c1-12-8-21(9-13(2)24-12)10-15-11-25-18(19-15)20-17(22)14-4-6-16(23-3)7-5-14/h4-7,11-13H,8-10H2,1-3H3,(H,19,20,22)/t12-,13+. The van der Waals surface area contributed by atoms with Crippen molar-refractivity contribution in [1.82, 2.24) is 9.88 Å². The first-order chi connectivity index (χ1) is 12.0. The fourth-order valence-electron chi connectivity index (χ4n) is 2.99. The molecule has 0 radical (unpaired) electrons. The van der Waals surface area contributed by atoms with E-state index in [1.54, 1.807) is 31.4 Å². The van der Waals surface area contributed by atoms with Gasteiger partial charge in [0.25, 0.3) is 5.91 Å². The summed E-state index contributed by atoms with van der Waals surface area (Å²) in [4.78, 5) is 19.2. The monoisotopic (exact) mass is 361 g/mol. The number of ether oxygens (including phenoxy) is 2. The van der Waals surface area contributed by atoms with Crippen molar-refractivity contribution in [2.75, 3.05) is 25.5 Å². The molecule has 0 spiro atoms. The summed E-state index contributed by atoms with van der Waals surface area (Å²) in [6.07, 6.45) is 0.466. The fourth-order valence-corrected chi connectivity index (χ4v) is 3.69. The highest BCUT2D eigenvalue weighted by molar-refractivity contribution is 7.13. The summed E-state index contributed by atoms with van der Waals surface area (Å²) in [5, 5.41) is 5.47. The predicted molar refractivity (Wildman–Crippen MR) is 98.3 cm³/mol. The summed E-state index contributed by atoms with van der Waals surface area (Å²) < 4.78 is 10.9. The van der Waals surface area contributed by atoms with Crippen molar-refractivity contribution in [3.8, 4) is 5.75 Å². The number of methoxy groups -OCH3 is 1. The van der Waals surface area contributed by atoms with Gasteiger partial charge in [-0.3, -0.25) is 15.0 Å². The lowest BCUT2D eigenvalue weighted by Gasteiger charge is -2.34. The predicted octanol–water partition coefficient (Wildman–Crippen LogP) is 3.01. The van der Waals surface area contributed by atoms with Crippen molar-refractivity contribution in [2.45, 2.75) is 32.6 Å². The third-order valence-electron chi connectivity index (χ3n) is 4.01. The first-order valence-corrected chi connectivity index (χ1v) is 9.19. The Labute approximate surface area is 151 Å². The molecule has 0 bridgehead atoms. The lowest BCUT2D eigenvalue weighted by Crippen LogP contribution is -2.44. The first-order valence-electron chi connectivity index (χ1n) is 8.31. The number of hydrogen-bond acceptors (Lipinski definition) is 6. The van der Waals surface area contributed by atoms with Gasteiger partial charge in [0.05, 0.1) is 25.0 Å². The lowest BCUT2D eigenvalue weighted by atomic mass is 10.2. The van der Waals surface area contributed by atoms with E-state index in [0.29, 0.717) is 10.7 Å². The molecule has 7 heteroatoms. The van der Waals surface area contributed by atoms with Gasteiger partial charge in [0, 0.05) is 30.6 Å². The third-order valence-corrected chi connectivity index (χ3v) is 4.81. The zero-order valence-electron chi connectivity index (χ0n) is 14.7. The van der Waals surface area contributed by atoms with Crippen LogP contribution in [-0.2, 0) is 11.3 Å². The van der Waals surface area contributed by atoms with Gasteiger partial charge in [-0.1, -0.05) is 0 Å². The van der Waals surface area contributed by atoms with E-state index in [9.17, 15) is 4.79 Å². The Kier molecular flexibility index (Phi) is 5.67. The van der Waals surface area contributed by atoms with Crippen LogP contribution in [0.2, 0.25) is 0 Å². The molecule has 2 heterocycles. The molecule has 134 valence electrons. The van der Waals surface area contributed by atoms with Crippen LogP contribution in [0.25, 0.3) is 0 Å². The average Bonchev–Trinajstić information content (AvgIpc) is 3.00. The Morgan fingerprint density at radius 1 is 1.32 bits per heavy atom. The smallest absolute Gasteiger partial charge is 0.257 e. The molecule has 2 atom stereocenters. The van der Waals surface area contributed by atoms with Gasteiger partial charge in [0.15, 0.2) is 5.13 Å². The van der Waals surface area contributed by atoms with Crippen molar-refractivity contribution in [3.05, 3.63) is 40.9 Å². The van der Waals surface area contributed by atoms with Gasteiger partial charge in [-0.15, -0.1) is 11.3 Å². The Morgan fingerprint density at radius 3 is 2.64 bits per heavy atom. The maximum absolute atomic E-state index is 12.3. The van der Waals surface area contributed by atoms with E-state index >= 15 is 0 Å². The van der Waals surface area contributed by atoms with E-state index in [-0.39, 0.29) is 18.1 Å². The first kappa shape index (κ1) is 17.8. The van der Waals surface area contributed by atoms with Crippen LogP contribution in [0, 0.1) is 0 Å². The summed E-state index contributed by atoms with van der Waals surface area (Å²) in [5.41, 5.74) is 1.55. The second kappa shape index (κ2) is 7.95. The third kappa shape index (κ3) is 4.78. The van der Waals surface area contributed by atoms with Gasteiger partial charge in [0.2, 0.25) is 0 Å². The van der Waals surface area contributed by atoms with Crippen LogP contribution in [0.15, 0.2) is 29.6 Å². The molecule has 0 saturated carbocycles. The number of benzene rings is 1. The number of rotatable bonds is 5. The molecule has 1 saturated heterocycles. The maximum atomic E-state index is 12.3. The van der Waals surface area contributed by atoms with Gasteiger partial charge in [0.1, 0.15) is 5.75 Å². The molecule has 1 N–H and O–H groups in total. The highest BCUT2D eigenvalue weighted by Crippen LogP contribution is 2.20. The van der Waals surface area contributed by atoms with Crippen molar-refractivity contribution in [3.63, 3.8) is 0 Å². The van der Waals surface area contributed by atoms with E-state index < -0.39 is 0 Å². The van der Waals surface area contributed by atoms with Gasteiger partial charge >= 0.3 is 0 Å². The second-order valence-corrected chi connectivity index (χ2v) is 7.14. The molecular weight excluding hydrogens is 338 g/mol. The lowest BCUT2D eigenvalue weighted by molar-refractivity contribution is -0.0707. The van der Waals surface area contributed by atoms with Crippen molar-refractivity contribution < 1.29 is 14.3 Å². The quantitative estimate of drug-likeness (QED) is 0.887. The number of carbonyl (C=O) groups excluding carboxylic acids is 1. The number of carbonyl (C=O) groups is 1. The number of aromatic nitrogens is 1. The second-order valence-electron chi connectivity index (χ2n) is 6.28. The van der Waals surface area contributed by atoms with Gasteiger partial charge in [-0.2, -0.15) is 0 Å². The topological polar surface area (TPSA) is 63.7 Å². The van der Waals surface area contributed by atoms with Crippen LogP contribution < -0.4 is 10.1 Å². The largest absolute Gasteiger partial charge is 0.497 e. The molecule has 25 heavy (non-hydrogen) atoms. The highest BCUT2D eigenvalue weighted by Gasteiger charge is 2.22. The minimum atomic E-state index is -0.169. The summed E-state index contributed by atoms with van der Waals surface area (Å²) in [7, 11) is 1.60. The molecule has 2 aromatic rings. The van der Waals surface area contributed by atoms with Gasteiger partial charge in [-0.25, -0.2) is 4.98 Å². The molecule has 1 aromatic heterocycles. The Morgan fingerprint density at radius 2 is 2.00 bits per heavy atom. The summed E-state index contributed by atoms with van der Waals surface area (Å²) in [6.45, 7) is 6.74. The number of amides is 1. The Balaban J connectivity index is 1.58. The van der Waals surface area contributed by atoms with Crippen molar-refractivity contribution >= 4 is 22.4 Å². The van der Waals surface area contributed by atoms with Crippen LogP contribution in [0.3, 0.4) is 0 Å². The van der Waals surface area contributed by atoms with Crippen LogP contribution in [0.1, 0.15) is 29.9 Å². The van der Waals surface area contributed by atoms with E-state index in [1.807, 2.05) is 5.38 Å². The van der Waals surface area contributed by atoms with E-state index in [4.69, 9.17) is 9.47 Å². The molecule has 6 nitrogen and oxygen atoms in total. The normalized spacial score (nSPS) is 21.1. The molecular formula is C18H23N3O3S. The fraction of sp³-hybridized carbons (Fsp3) is 0.444. The minimum Gasteiger partial charge on any atom is -0.497 e. The minimum absolute atomic E-state index is 0.169. The van der Waals surface area contributed by atoms with E-state index in [2.05, 4.69) is 29.0 Å². The number of hydrogen-bond donors (Lipinski definition) is 1. The van der Waals surface area contributed by atoms with E-state index in [0.717, 1.165) is 31.1 Å². The Hall–Kier alpha value is -1.96. The van der Waals surface area contributed by atoms with Crippen molar-refractivity contribution in [1.29, 1.82) is 0 Å². The number of nitrogens with one attached hydrogen (secondary N) is 1. The van der Waals surface area contributed by atoms with E-state index in [1.165, 1.54) is 11.3 Å². The van der Waals surface area contributed by atoms with Gasteiger partial charge in [-0.05, 0) is 38.1 Å². The molecule has 1 aliphatic heterocycles. The van der Waals surface area contributed by atoms with Crippen LogP contribution in [-0.4, -0.2) is 48.2 Å². The zero-order chi connectivity index (χ0) is 17.8. The molecule has 1 amide bonds. The Bertz CT molecular complexity index is 707. The van der Waals surface area contributed by atoms with Crippen molar-refractivity contribution in [2.24, 2.45) is 0 Å². The molecule has 3 rings (SSSR count). The molecule has 0 unspecified atom stereocenters. The van der Waals surface area contributed by atoms with Crippen LogP contribution >= 0.6 is 11.3 Å². The zero-order valence-corrected chi connectivity index (χ0v) is 15.5. The molecule has 1 fully saturated rings. The number of nitrogens with zero attached hydrogens (tertiary/aromatic N) is 2. The summed E-state index contributed by atoms with van der Waals surface area (Å²) >= 11 is 1.44.